The summed E-state index contributed by atoms with van der Waals surface area (Å²) in [6.45, 7) is 0. The van der Waals surface area contributed by atoms with Crippen molar-refractivity contribution in [3.8, 4) is 45.3 Å². The summed E-state index contributed by atoms with van der Waals surface area (Å²) in [4.78, 5) is 15.1. The van der Waals surface area contributed by atoms with Crippen LogP contribution in [0.5, 0.6) is 0 Å². The average molecular weight is 586 g/mol. The lowest BCUT2D eigenvalue weighted by Crippen LogP contribution is -2.00. The standard InChI is InChI=1S/C43H27N3/c1-2-11-31(12-3-1)41-44-42(35-15-8-14-33(26-35)34-19-17-28-9-4-5-13-32(28)25-34)46-43(45-41)36-20-18-30-22-23-38-37-16-7-6-10-29(37)21-24-39(38)40(30)27-36/h1-27H. The summed E-state index contributed by atoms with van der Waals surface area (Å²) in [5, 5.41) is 9.78. The molecule has 0 amide bonds. The molecule has 46 heavy (non-hydrogen) atoms. The molecule has 0 bridgehead atoms. The van der Waals surface area contributed by atoms with Gasteiger partial charge in [-0.15, -0.1) is 0 Å². The first-order chi connectivity index (χ1) is 22.8. The number of aromatic nitrogens is 3. The van der Waals surface area contributed by atoms with Crippen LogP contribution in [-0.4, -0.2) is 15.0 Å². The van der Waals surface area contributed by atoms with Crippen LogP contribution in [0.15, 0.2) is 164 Å². The Kier molecular flexibility index (Phi) is 6.14. The topological polar surface area (TPSA) is 38.7 Å². The highest BCUT2D eigenvalue weighted by Crippen LogP contribution is 2.34. The van der Waals surface area contributed by atoms with E-state index in [4.69, 9.17) is 15.0 Å². The van der Waals surface area contributed by atoms with Gasteiger partial charge in [-0.1, -0.05) is 146 Å². The van der Waals surface area contributed by atoms with Crippen molar-refractivity contribution in [2.45, 2.75) is 0 Å². The zero-order chi connectivity index (χ0) is 30.5. The molecule has 0 aliphatic heterocycles. The van der Waals surface area contributed by atoms with Gasteiger partial charge < -0.3 is 0 Å². The van der Waals surface area contributed by atoms with E-state index in [2.05, 4.69) is 133 Å². The third-order valence-electron chi connectivity index (χ3n) is 8.87. The molecule has 0 aliphatic rings. The van der Waals surface area contributed by atoms with Crippen LogP contribution >= 0.6 is 0 Å². The van der Waals surface area contributed by atoms with Gasteiger partial charge in [0.05, 0.1) is 0 Å². The Morgan fingerprint density at radius 3 is 1.54 bits per heavy atom. The number of hydrogen-bond donors (Lipinski definition) is 0. The van der Waals surface area contributed by atoms with Crippen LogP contribution in [0.2, 0.25) is 0 Å². The van der Waals surface area contributed by atoms with E-state index in [-0.39, 0.29) is 0 Å². The summed E-state index contributed by atoms with van der Waals surface area (Å²) in [6, 6.07) is 57.7. The molecule has 1 heterocycles. The summed E-state index contributed by atoms with van der Waals surface area (Å²) >= 11 is 0. The van der Waals surface area contributed by atoms with Gasteiger partial charge in [0.2, 0.25) is 0 Å². The SMILES string of the molecule is c1ccc(-c2nc(-c3cccc(-c4ccc5ccccc5c4)c3)nc(-c3ccc4ccc5c6ccccc6ccc5c4c3)n2)cc1. The molecular weight excluding hydrogens is 558 g/mol. The molecular formula is C43H27N3. The van der Waals surface area contributed by atoms with E-state index in [0.29, 0.717) is 17.5 Å². The van der Waals surface area contributed by atoms with Crippen molar-refractivity contribution in [1.29, 1.82) is 0 Å². The maximum Gasteiger partial charge on any atom is 0.164 e. The maximum atomic E-state index is 5.10. The first kappa shape index (κ1) is 26.2. The summed E-state index contributed by atoms with van der Waals surface area (Å²) in [5.41, 5.74) is 5.14. The summed E-state index contributed by atoms with van der Waals surface area (Å²) in [5.74, 6) is 1.95. The van der Waals surface area contributed by atoms with E-state index < -0.39 is 0 Å². The number of hydrogen-bond acceptors (Lipinski definition) is 3. The molecule has 0 radical (unpaired) electrons. The maximum absolute atomic E-state index is 5.10. The Bertz CT molecular complexity index is 2590. The van der Waals surface area contributed by atoms with Gasteiger partial charge in [-0.2, -0.15) is 0 Å². The second kappa shape index (κ2) is 10.8. The second-order valence-corrected chi connectivity index (χ2v) is 11.7. The zero-order valence-corrected chi connectivity index (χ0v) is 24.9. The van der Waals surface area contributed by atoms with Gasteiger partial charge in [0.1, 0.15) is 0 Å². The van der Waals surface area contributed by atoms with E-state index in [0.717, 1.165) is 27.8 Å². The number of rotatable bonds is 4. The van der Waals surface area contributed by atoms with Gasteiger partial charge in [0.15, 0.2) is 17.5 Å². The highest BCUT2D eigenvalue weighted by Gasteiger charge is 2.14. The van der Waals surface area contributed by atoms with Crippen molar-refractivity contribution in [3.63, 3.8) is 0 Å². The van der Waals surface area contributed by atoms with Crippen LogP contribution in [0.3, 0.4) is 0 Å². The first-order valence-electron chi connectivity index (χ1n) is 15.5. The second-order valence-electron chi connectivity index (χ2n) is 11.7. The van der Waals surface area contributed by atoms with E-state index in [1.807, 2.05) is 30.3 Å². The molecule has 0 unspecified atom stereocenters. The van der Waals surface area contributed by atoms with Gasteiger partial charge in [-0.25, -0.2) is 15.0 Å². The molecule has 3 nitrogen and oxygen atoms in total. The lowest BCUT2D eigenvalue weighted by Gasteiger charge is -2.11. The predicted octanol–water partition coefficient (Wildman–Crippen LogP) is 11.2. The van der Waals surface area contributed by atoms with E-state index in [9.17, 15) is 0 Å². The fraction of sp³-hybridized carbons (Fsp3) is 0. The zero-order valence-electron chi connectivity index (χ0n) is 24.9. The molecule has 0 aliphatic carbocycles. The summed E-state index contributed by atoms with van der Waals surface area (Å²) in [6.07, 6.45) is 0. The Labute approximate surface area is 266 Å². The van der Waals surface area contributed by atoms with E-state index >= 15 is 0 Å². The van der Waals surface area contributed by atoms with Gasteiger partial charge in [0.25, 0.3) is 0 Å². The van der Waals surface area contributed by atoms with Crippen LogP contribution < -0.4 is 0 Å². The first-order valence-corrected chi connectivity index (χ1v) is 15.5. The van der Waals surface area contributed by atoms with Crippen LogP contribution in [0.25, 0.3) is 88.4 Å². The van der Waals surface area contributed by atoms with E-state index in [1.54, 1.807) is 0 Å². The lowest BCUT2D eigenvalue weighted by molar-refractivity contribution is 1.07. The average Bonchev–Trinajstić information content (AvgIpc) is 3.14. The monoisotopic (exact) mass is 585 g/mol. The summed E-state index contributed by atoms with van der Waals surface area (Å²) < 4.78 is 0. The van der Waals surface area contributed by atoms with Crippen molar-refractivity contribution < 1.29 is 0 Å². The molecule has 9 rings (SSSR count). The molecule has 0 fully saturated rings. The Hall–Kier alpha value is -6.19. The van der Waals surface area contributed by atoms with Crippen LogP contribution in [0, 0.1) is 0 Å². The van der Waals surface area contributed by atoms with Gasteiger partial charge in [-0.05, 0) is 72.4 Å². The Morgan fingerprint density at radius 2 is 0.739 bits per heavy atom. The molecule has 0 atom stereocenters. The van der Waals surface area contributed by atoms with E-state index in [1.165, 1.54) is 43.1 Å². The lowest BCUT2D eigenvalue weighted by atomic mass is 9.96. The number of fused-ring (bicyclic) bond motifs is 6. The highest BCUT2D eigenvalue weighted by molar-refractivity contribution is 6.17. The van der Waals surface area contributed by atoms with Crippen molar-refractivity contribution >= 4 is 43.1 Å². The van der Waals surface area contributed by atoms with Gasteiger partial charge >= 0.3 is 0 Å². The fourth-order valence-corrected chi connectivity index (χ4v) is 6.51. The Morgan fingerprint density at radius 1 is 0.239 bits per heavy atom. The van der Waals surface area contributed by atoms with Gasteiger partial charge in [0, 0.05) is 16.7 Å². The van der Waals surface area contributed by atoms with Crippen molar-refractivity contribution in [2.75, 3.05) is 0 Å². The predicted molar refractivity (Wildman–Crippen MR) is 192 cm³/mol. The molecule has 0 N–H and O–H groups in total. The Balaban J connectivity index is 1.21. The number of nitrogens with zero attached hydrogens (tertiary/aromatic N) is 3. The van der Waals surface area contributed by atoms with Crippen LogP contribution in [-0.2, 0) is 0 Å². The minimum absolute atomic E-state index is 0.649. The summed E-state index contributed by atoms with van der Waals surface area (Å²) in [7, 11) is 0. The minimum atomic E-state index is 0.649. The van der Waals surface area contributed by atoms with Crippen molar-refractivity contribution in [3.05, 3.63) is 164 Å². The smallest absolute Gasteiger partial charge is 0.164 e. The van der Waals surface area contributed by atoms with Crippen molar-refractivity contribution in [1.82, 2.24) is 15.0 Å². The molecule has 214 valence electrons. The fourth-order valence-electron chi connectivity index (χ4n) is 6.51. The normalized spacial score (nSPS) is 11.5. The highest BCUT2D eigenvalue weighted by atomic mass is 15.0. The third-order valence-corrected chi connectivity index (χ3v) is 8.87. The van der Waals surface area contributed by atoms with Crippen LogP contribution in [0.1, 0.15) is 0 Å². The molecule has 1 aromatic heterocycles. The molecule has 9 aromatic rings. The molecule has 3 heteroatoms. The molecule has 0 saturated heterocycles. The minimum Gasteiger partial charge on any atom is -0.208 e. The quantitative estimate of drug-likeness (QED) is 0.193. The molecule has 0 spiro atoms. The molecule has 0 saturated carbocycles. The van der Waals surface area contributed by atoms with Crippen molar-refractivity contribution in [2.24, 2.45) is 0 Å². The van der Waals surface area contributed by atoms with Gasteiger partial charge in [-0.3, -0.25) is 0 Å². The number of benzene rings is 8. The third kappa shape index (κ3) is 4.58. The molecule has 8 aromatic carbocycles. The van der Waals surface area contributed by atoms with Crippen LogP contribution in [0.4, 0.5) is 0 Å². The largest absolute Gasteiger partial charge is 0.208 e.